The molecule has 0 N–H and O–H groups in total. The molecular formula is C8H7F3O. The van der Waals surface area contributed by atoms with Gasteiger partial charge in [0.05, 0.1) is 0 Å². The zero-order valence-corrected chi connectivity index (χ0v) is 6.40. The first-order valence-corrected chi connectivity index (χ1v) is 3.29. The number of aryl methyl sites for hydroxylation is 1. The van der Waals surface area contributed by atoms with Gasteiger partial charge in [0.2, 0.25) is 6.86 Å². The van der Waals surface area contributed by atoms with Gasteiger partial charge in [0, 0.05) is 6.07 Å². The van der Waals surface area contributed by atoms with Gasteiger partial charge in [-0.2, -0.15) is 0 Å². The third-order valence-corrected chi connectivity index (χ3v) is 1.40. The topological polar surface area (TPSA) is 9.23 Å². The SMILES string of the molecule is Cc1cc(OCF)cc(F)c1F. The molecule has 0 saturated carbocycles. The number of rotatable bonds is 2. The predicted octanol–water partition coefficient (Wildman–Crippen LogP) is 2.58. The van der Waals surface area contributed by atoms with Crippen LogP contribution in [0.15, 0.2) is 12.1 Å². The Morgan fingerprint density at radius 3 is 2.50 bits per heavy atom. The summed E-state index contributed by atoms with van der Waals surface area (Å²) in [4.78, 5) is 0. The average Bonchev–Trinajstić information content (AvgIpc) is 2.01. The van der Waals surface area contributed by atoms with Crippen LogP contribution < -0.4 is 4.74 Å². The largest absolute Gasteiger partial charge is 0.463 e. The second-order valence-electron chi connectivity index (χ2n) is 2.29. The number of hydrogen-bond acceptors (Lipinski definition) is 1. The van der Waals surface area contributed by atoms with Gasteiger partial charge in [-0.15, -0.1) is 0 Å². The van der Waals surface area contributed by atoms with Crippen LogP contribution in [0.25, 0.3) is 0 Å². The molecule has 0 bridgehead atoms. The summed E-state index contributed by atoms with van der Waals surface area (Å²) in [5.74, 6) is -1.96. The fourth-order valence-corrected chi connectivity index (χ4v) is 0.841. The molecule has 0 radical (unpaired) electrons. The Bertz CT molecular complexity index is 263. The lowest BCUT2D eigenvalue weighted by molar-refractivity contribution is 0.190. The van der Waals surface area contributed by atoms with Crippen molar-refractivity contribution in [1.82, 2.24) is 0 Å². The van der Waals surface area contributed by atoms with Crippen LogP contribution in [0.1, 0.15) is 5.56 Å². The molecule has 1 nitrogen and oxygen atoms in total. The van der Waals surface area contributed by atoms with Gasteiger partial charge in [0.25, 0.3) is 0 Å². The van der Waals surface area contributed by atoms with Crippen LogP contribution in [0.5, 0.6) is 5.75 Å². The van der Waals surface area contributed by atoms with E-state index in [9.17, 15) is 13.2 Å². The number of benzene rings is 1. The van der Waals surface area contributed by atoms with Crippen LogP contribution in [0.4, 0.5) is 13.2 Å². The van der Waals surface area contributed by atoms with E-state index in [1.165, 1.54) is 13.0 Å². The van der Waals surface area contributed by atoms with Gasteiger partial charge in [0.15, 0.2) is 11.6 Å². The summed E-state index contributed by atoms with van der Waals surface area (Å²) < 4.78 is 41.2. The molecule has 0 aromatic heterocycles. The number of hydrogen-bond donors (Lipinski definition) is 0. The molecule has 0 unspecified atom stereocenters. The highest BCUT2D eigenvalue weighted by Gasteiger charge is 2.07. The third kappa shape index (κ3) is 1.69. The summed E-state index contributed by atoms with van der Waals surface area (Å²) >= 11 is 0. The van der Waals surface area contributed by atoms with E-state index in [0.29, 0.717) is 0 Å². The maximum Gasteiger partial charge on any atom is 0.228 e. The molecule has 0 aliphatic rings. The summed E-state index contributed by atoms with van der Waals surface area (Å²) in [6.45, 7) is 0.327. The molecule has 0 saturated heterocycles. The molecule has 0 spiro atoms. The van der Waals surface area contributed by atoms with Gasteiger partial charge in [-0.05, 0) is 18.6 Å². The van der Waals surface area contributed by atoms with Crippen molar-refractivity contribution in [3.8, 4) is 5.75 Å². The van der Waals surface area contributed by atoms with Crippen molar-refractivity contribution < 1.29 is 17.9 Å². The van der Waals surface area contributed by atoms with Crippen LogP contribution in [0.3, 0.4) is 0 Å². The lowest BCUT2D eigenvalue weighted by Crippen LogP contribution is -1.94. The van der Waals surface area contributed by atoms with Gasteiger partial charge in [-0.3, -0.25) is 0 Å². The van der Waals surface area contributed by atoms with E-state index < -0.39 is 18.5 Å². The summed E-state index contributed by atoms with van der Waals surface area (Å²) in [6, 6.07) is 2.04. The number of alkyl halides is 1. The fourth-order valence-electron chi connectivity index (χ4n) is 0.841. The summed E-state index contributed by atoms with van der Waals surface area (Å²) in [7, 11) is 0. The van der Waals surface area contributed by atoms with Crippen molar-refractivity contribution in [3.05, 3.63) is 29.3 Å². The van der Waals surface area contributed by atoms with Crippen molar-refractivity contribution in [2.45, 2.75) is 6.92 Å². The van der Waals surface area contributed by atoms with Crippen molar-refractivity contribution in [2.75, 3.05) is 6.86 Å². The maximum atomic E-state index is 12.6. The van der Waals surface area contributed by atoms with Gasteiger partial charge in [0.1, 0.15) is 5.75 Å². The molecule has 4 heteroatoms. The summed E-state index contributed by atoms with van der Waals surface area (Å²) in [6.07, 6.45) is 0. The molecule has 0 fully saturated rings. The zero-order chi connectivity index (χ0) is 9.14. The quantitative estimate of drug-likeness (QED) is 0.672. The van der Waals surface area contributed by atoms with Gasteiger partial charge in [-0.25, -0.2) is 13.2 Å². The highest BCUT2D eigenvalue weighted by Crippen LogP contribution is 2.19. The normalized spacial score (nSPS) is 10.0. The van der Waals surface area contributed by atoms with Crippen LogP contribution in [0.2, 0.25) is 0 Å². The Kier molecular flexibility index (Phi) is 2.58. The first-order chi connectivity index (χ1) is 5.65. The van der Waals surface area contributed by atoms with E-state index in [1.54, 1.807) is 0 Å². The molecule has 1 aromatic carbocycles. The Hall–Kier alpha value is -1.19. The van der Waals surface area contributed by atoms with Crippen LogP contribution in [-0.2, 0) is 0 Å². The van der Waals surface area contributed by atoms with Crippen LogP contribution >= 0.6 is 0 Å². The predicted molar refractivity (Wildman–Crippen MR) is 37.7 cm³/mol. The van der Waals surface area contributed by atoms with Crippen LogP contribution in [-0.4, -0.2) is 6.86 Å². The minimum atomic E-state index is -1.05. The molecular weight excluding hydrogens is 169 g/mol. The average molecular weight is 176 g/mol. The van der Waals surface area contributed by atoms with Crippen molar-refractivity contribution in [1.29, 1.82) is 0 Å². The molecule has 0 aliphatic carbocycles. The Morgan fingerprint density at radius 2 is 2.00 bits per heavy atom. The van der Waals surface area contributed by atoms with E-state index in [4.69, 9.17) is 0 Å². The lowest BCUT2D eigenvalue weighted by Gasteiger charge is -2.03. The van der Waals surface area contributed by atoms with E-state index in [-0.39, 0.29) is 11.3 Å². The smallest absolute Gasteiger partial charge is 0.228 e. The highest BCUT2D eigenvalue weighted by molar-refractivity contribution is 5.29. The Labute approximate surface area is 67.8 Å². The molecule has 0 heterocycles. The van der Waals surface area contributed by atoms with Gasteiger partial charge >= 0.3 is 0 Å². The molecule has 66 valence electrons. The Morgan fingerprint density at radius 1 is 1.33 bits per heavy atom. The highest BCUT2D eigenvalue weighted by atomic mass is 19.2. The van der Waals surface area contributed by atoms with E-state index in [0.717, 1.165) is 6.07 Å². The number of halogens is 3. The second kappa shape index (κ2) is 3.47. The standard InChI is InChI=1S/C8H7F3O/c1-5-2-6(12-4-9)3-7(10)8(5)11/h2-3H,4H2,1H3. The van der Waals surface area contributed by atoms with E-state index in [1.807, 2.05) is 0 Å². The molecule has 1 rings (SSSR count). The first-order valence-electron chi connectivity index (χ1n) is 3.29. The van der Waals surface area contributed by atoms with Crippen molar-refractivity contribution in [3.63, 3.8) is 0 Å². The monoisotopic (exact) mass is 176 g/mol. The Balaban J connectivity index is 3.04. The molecule has 12 heavy (non-hydrogen) atoms. The van der Waals surface area contributed by atoms with Crippen molar-refractivity contribution in [2.24, 2.45) is 0 Å². The van der Waals surface area contributed by atoms with E-state index in [2.05, 4.69) is 4.74 Å². The third-order valence-electron chi connectivity index (χ3n) is 1.40. The minimum absolute atomic E-state index is 0.00565. The molecule has 1 aromatic rings. The first kappa shape index (κ1) is 8.90. The lowest BCUT2D eigenvalue weighted by atomic mass is 10.2. The molecule has 0 amide bonds. The number of ether oxygens (including phenoxy) is 1. The van der Waals surface area contributed by atoms with Crippen LogP contribution in [0, 0.1) is 18.6 Å². The zero-order valence-electron chi connectivity index (χ0n) is 6.40. The van der Waals surface area contributed by atoms with E-state index >= 15 is 0 Å². The van der Waals surface area contributed by atoms with Gasteiger partial charge < -0.3 is 4.74 Å². The van der Waals surface area contributed by atoms with Crippen molar-refractivity contribution >= 4 is 0 Å². The minimum Gasteiger partial charge on any atom is -0.463 e. The second-order valence-corrected chi connectivity index (χ2v) is 2.29. The molecule has 0 atom stereocenters. The van der Waals surface area contributed by atoms with Gasteiger partial charge in [-0.1, -0.05) is 0 Å². The summed E-state index contributed by atoms with van der Waals surface area (Å²) in [5, 5.41) is 0. The molecule has 0 aliphatic heterocycles. The summed E-state index contributed by atoms with van der Waals surface area (Å²) in [5.41, 5.74) is 0.0958. The maximum absolute atomic E-state index is 12.6. The fraction of sp³-hybridized carbons (Fsp3) is 0.250.